The van der Waals surface area contributed by atoms with Gasteiger partial charge in [-0.2, -0.15) is 0 Å². The molecule has 1 amide bonds. The highest BCUT2D eigenvalue weighted by molar-refractivity contribution is 7.99. The number of aryl methyl sites for hydroxylation is 1. The number of rotatable bonds is 7. The fourth-order valence-corrected chi connectivity index (χ4v) is 2.62. The van der Waals surface area contributed by atoms with Gasteiger partial charge < -0.3 is 14.3 Å². The minimum Gasteiger partial charge on any atom is -0.469 e. The molecule has 2 heterocycles. The minimum absolute atomic E-state index is 0.0255. The van der Waals surface area contributed by atoms with Crippen molar-refractivity contribution in [2.24, 2.45) is 7.05 Å². The lowest BCUT2D eigenvalue weighted by atomic mass is 10.2. The van der Waals surface area contributed by atoms with E-state index in [-0.39, 0.29) is 5.91 Å². The number of nitrogens with one attached hydrogen (secondary N) is 1. The van der Waals surface area contributed by atoms with Gasteiger partial charge in [-0.25, -0.2) is 0 Å². The van der Waals surface area contributed by atoms with Crippen LogP contribution >= 0.6 is 11.8 Å². The number of hydrogen-bond donors (Lipinski definition) is 1. The largest absolute Gasteiger partial charge is 0.469 e. The van der Waals surface area contributed by atoms with Gasteiger partial charge in [0.1, 0.15) is 5.76 Å². The van der Waals surface area contributed by atoms with E-state index in [1.54, 1.807) is 6.26 Å². The fraction of sp³-hybridized carbons (Fsp3) is 0.500. The van der Waals surface area contributed by atoms with Crippen molar-refractivity contribution in [3.63, 3.8) is 0 Å². The molecule has 114 valence electrons. The molecule has 0 radical (unpaired) electrons. The summed E-state index contributed by atoms with van der Waals surface area (Å²) in [5, 5.41) is 11.9. The first-order valence-corrected chi connectivity index (χ1v) is 7.95. The van der Waals surface area contributed by atoms with E-state index in [1.165, 1.54) is 11.8 Å². The number of unbranched alkanes of at least 4 members (excludes halogenated alkanes) is 1. The zero-order chi connectivity index (χ0) is 15.2. The second kappa shape index (κ2) is 7.31. The first-order chi connectivity index (χ1) is 10.1. The third kappa shape index (κ3) is 3.87. The predicted molar refractivity (Wildman–Crippen MR) is 82.1 cm³/mol. The molecule has 0 spiro atoms. The van der Waals surface area contributed by atoms with Gasteiger partial charge in [0.2, 0.25) is 5.91 Å². The number of furan rings is 1. The molecule has 0 bridgehead atoms. The molecular formula is C14H20N4O2S. The third-order valence-electron chi connectivity index (χ3n) is 3.12. The molecule has 7 heteroatoms. The maximum Gasteiger partial charge on any atom is 0.230 e. The average Bonchev–Trinajstić information content (AvgIpc) is 3.03. The van der Waals surface area contributed by atoms with Crippen LogP contribution in [-0.4, -0.2) is 33.0 Å². The third-order valence-corrected chi connectivity index (χ3v) is 4.14. The normalized spacial score (nSPS) is 10.8. The molecule has 0 aliphatic carbocycles. The Morgan fingerprint density at radius 3 is 2.95 bits per heavy atom. The van der Waals surface area contributed by atoms with Crippen LogP contribution in [0.5, 0.6) is 0 Å². The maximum absolute atomic E-state index is 11.7. The molecule has 0 atom stereocenters. The molecule has 0 saturated heterocycles. The Morgan fingerprint density at radius 1 is 1.48 bits per heavy atom. The standard InChI is InChI=1S/C14H20N4O2S/c1-4-5-7-15-12(19)9-21-14-17-16-13(18(14)3)11-6-8-20-10(11)2/h6,8H,4-5,7,9H2,1-3H3,(H,15,19). The number of hydrogen-bond acceptors (Lipinski definition) is 5. The van der Waals surface area contributed by atoms with Gasteiger partial charge in [0.15, 0.2) is 11.0 Å². The Balaban J connectivity index is 1.95. The Morgan fingerprint density at radius 2 is 2.29 bits per heavy atom. The van der Waals surface area contributed by atoms with E-state index in [0.29, 0.717) is 5.75 Å². The molecular weight excluding hydrogens is 288 g/mol. The summed E-state index contributed by atoms with van der Waals surface area (Å²) in [6.07, 6.45) is 3.71. The molecule has 2 rings (SSSR count). The van der Waals surface area contributed by atoms with Crippen LogP contribution in [0.2, 0.25) is 0 Å². The minimum atomic E-state index is 0.0255. The number of aromatic nitrogens is 3. The van der Waals surface area contributed by atoms with E-state index >= 15 is 0 Å². The van der Waals surface area contributed by atoms with Gasteiger partial charge in [-0.15, -0.1) is 10.2 Å². The van der Waals surface area contributed by atoms with Gasteiger partial charge in [-0.3, -0.25) is 4.79 Å². The quantitative estimate of drug-likeness (QED) is 0.628. The highest BCUT2D eigenvalue weighted by Gasteiger charge is 2.15. The molecule has 0 unspecified atom stereocenters. The lowest BCUT2D eigenvalue weighted by molar-refractivity contribution is -0.118. The van der Waals surface area contributed by atoms with Crippen LogP contribution in [0, 0.1) is 6.92 Å². The number of nitrogens with zero attached hydrogens (tertiary/aromatic N) is 3. The molecule has 0 fully saturated rings. The molecule has 0 saturated carbocycles. The predicted octanol–water partition coefficient (Wildman–Crippen LogP) is 2.39. The van der Waals surface area contributed by atoms with E-state index < -0.39 is 0 Å². The summed E-state index contributed by atoms with van der Waals surface area (Å²) in [6, 6.07) is 1.87. The summed E-state index contributed by atoms with van der Waals surface area (Å²) in [7, 11) is 1.89. The molecule has 21 heavy (non-hydrogen) atoms. The van der Waals surface area contributed by atoms with Gasteiger partial charge >= 0.3 is 0 Å². The molecule has 0 aromatic carbocycles. The monoisotopic (exact) mass is 308 g/mol. The summed E-state index contributed by atoms with van der Waals surface area (Å²) in [4.78, 5) is 11.7. The average molecular weight is 308 g/mol. The Bertz CT molecular complexity index is 606. The summed E-state index contributed by atoms with van der Waals surface area (Å²) >= 11 is 1.38. The van der Waals surface area contributed by atoms with E-state index in [2.05, 4.69) is 22.4 Å². The van der Waals surface area contributed by atoms with Crippen LogP contribution in [0.25, 0.3) is 11.4 Å². The van der Waals surface area contributed by atoms with Crippen molar-refractivity contribution >= 4 is 17.7 Å². The molecule has 6 nitrogen and oxygen atoms in total. The highest BCUT2D eigenvalue weighted by Crippen LogP contribution is 2.25. The van der Waals surface area contributed by atoms with Crippen molar-refractivity contribution in [3.05, 3.63) is 18.1 Å². The molecule has 1 N–H and O–H groups in total. The van der Waals surface area contributed by atoms with Crippen LogP contribution in [0.15, 0.2) is 21.9 Å². The molecule has 2 aromatic heterocycles. The van der Waals surface area contributed by atoms with Gasteiger partial charge in [-0.05, 0) is 19.4 Å². The number of thioether (sulfide) groups is 1. The van der Waals surface area contributed by atoms with Crippen LogP contribution in [0.1, 0.15) is 25.5 Å². The van der Waals surface area contributed by atoms with E-state index in [9.17, 15) is 4.79 Å². The fourth-order valence-electron chi connectivity index (χ4n) is 1.88. The van der Waals surface area contributed by atoms with Crippen molar-refractivity contribution in [1.82, 2.24) is 20.1 Å². The topological polar surface area (TPSA) is 73.0 Å². The van der Waals surface area contributed by atoms with Crippen molar-refractivity contribution in [2.45, 2.75) is 31.8 Å². The zero-order valence-electron chi connectivity index (χ0n) is 12.5. The van der Waals surface area contributed by atoms with Crippen molar-refractivity contribution < 1.29 is 9.21 Å². The van der Waals surface area contributed by atoms with Gasteiger partial charge in [0.25, 0.3) is 0 Å². The van der Waals surface area contributed by atoms with E-state index in [1.807, 2.05) is 24.6 Å². The van der Waals surface area contributed by atoms with E-state index in [0.717, 1.165) is 41.7 Å². The smallest absolute Gasteiger partial charge is 0.230 e. The second-order valence-corrected chi connectivity index (χ2v) is 5.69. The Labute approximate surface area is 128 Å². The van der Waals surface area contributed by atoms with Crippen LogP contribution in [0.3, 0.4) is 0 Å². The highest BCUT2D eigenvalue weighted by atomic mass is 32.2. The molecule has 2 aromatic rings. The van der Waals surface area contributed by atoms with Gasteiger partial charge in [0, 0.05) is 13.6 Å². The summed E-state index contributed by atoms with van der Waals surface area (Å²) in [5.74, 6) is 1.92. The number of amides is 1. The van der Waals surface area contributed by atoms with E-state index in [4.69, 9.17) is 4.42 Å². The second-order valence-electron chi connectivity index (χ2n) is 4.75. The summed E-state index contributed by atoms with van der Waals surface area (Å²) in [6.45, 7) is 4.71. The molecule has 0 aliphatic heterocycles. The van der Waals surface area contributed by atoms with Crippen molar-refractivity contribution in [1.29, 1.82) is 0 Å². The molecule has 0 aliphatic rings. The summed E-state index contributed by atoms with van der Waals surface area (Å²) < 4.78 is 7.16. The van der Waals surface area contributed by atoms with Crippen molar-refractivity contribution in [3.8, 4) is 11.4 Å². The first kappa shape index (κ1) is 15.6. The number of carbonyl (C=O) groups is 1. The Kier molecular flexibility index (Phi) is 5.44. The van der Waals surface area contributed by atoms with Crippen LogP contribution in [0.4, 0.5) is 0 Å². The van der Waals surface area contributed by atoms with Crippen LogP contribution < -0.4 is 5.32 Å². The number of carbonyl (C=O) groups excluding carboxylic acids is 1. The Hall–Kier alpha value is -1.76. The SMILES string of the molecule is CCCCNC(=O)CSc1nnc(-c2ccoc2C)n1C. The van der Waals surface area contributed by atoms with Gasteiger partial charge in [0.05, 0.1) is 17.6 Å². The van der Waals surface area contributed by atoms with Crippen molar-refractivity contribution in [2.75, 3.05) is 12.3 Å². The first-order valence-electron chi connectivity index (χ1n) is 6.96. The maximum atomic E-state index is 11.7. The van der Waals surface area contributed by atoms with Crippen LogP contribution in [-0.2, 0) is 11.8 Å². The lowest BCUT2D eigenvalue weighted by Crippen LogP contribution is -2.26. The zero-order valence-corrected chi connectivity index (χ0v) is 13.4. The summed E-state index contributed by atoms with van der Waals surface area (Å²) in [5.41, 5.74) is 0.921. The van der Waals surface area contributed by atoms with Gasteiger partial charge in [-0.1, -0.05) is 25.1 Å². The lowest BCUT2D eigenvalue weighted by Gasteiger charge is -2.04.